The molecule has 0 bridgehead atoms. The van der Waals surface area contributed by atoms with Crippen LogP contribution in [0.3, 0.4) is 0 Å². The molecule has 0 heterocycles. The van der Waals surface area contributed by atoms with Crippen molar-refractivity contribution in [1.29, 1.82) is 0 Å². The van der Waals surface area contributed by atoms with Crippen molar-refractivity contribution in [3.8, 4) is 0 Å². The van der Waals surface area contributed by atoms with Crippen molar-refractivity contribution in [1.82, 2.24) is 5.32 Å². The molecule has 0 radical (unpaired) electrons. The van der Waals surface area contributed by atoms with Crippen LogP contribution in [-0.4, -0.2) is 0 Å². The molecule has 0 amide bonds. The second kappa shape index (κ2) is 6.45. The van der Waals surface area contributed by atoms with Gasteiger partial charge in [-0.3, -0.25) is 0 Å². The fourth-order valence-electron chi connectivity index (χ4n) is 1.65. The summed E-state index contributed by atoms with van der Waals surface area (Å²) in [7, 11) is 0. The standard InChI is InChI=1S/C14H12Br2FN/c15-13-4-2-1-3-10(13)8-18-9-11-7-12(17)5-6-14(11)16/h1-7,18H,8-9H2. The summed E-state index contributed by atoms with van der Waals surface area (Å²) in [4.78, 5) is 0. The second-order valence-corrected chi connectivity index (χ2v) is 5.64. The van der Waals surface area contributed by atoms with Crippen LogP contribution in [0.25, 0.3) is 0 Å². The van der Waals surface area contributed by atoms with E-state index in [2.05, 4.69) is 43.2 Å². The van der Waals surface area contributed by atoms with Gasteiger partial charge in [0.15, 0.2) is 0 Å². The summed E-state index contributed by atoms with van der Waals surface area (Å²) in [6, 6.07) is 12.8. The zero-order valence-electron chi connectivity index (χ0n) is 9.59. The highest BCUT2D eigenvalue weighted by Crippen LogP contribution is 2.19. The smallest absolute Gasteiger partial charge is 0.123 e. The molecule has 0 spiro atoms. The van der Waals surface area contributed by atoms with Crippen LogP contribution in [0.15, 0.2) is 51.4 Å². The molecule has 0 aliphatic rings. The maximum Gasteiger partial charge on any atom is 0.123 e. The summed E-state index contributed by atoms with van der Waals surface area (Å²) < 4.78 is 15.1. The lowest BCUT2D eigenvalue weighted by atomic mass is 10.2. The molecular weight excluding hydrogens is 361 g/mol. The SMILES string of the molecule is Fc1ccc(Br)c(CNCc2ccccc2Br)c1. The highest BCUT2D eigenvalue weighted by molar-refractivity contribution is 9.10. The van der Waals surface area contributed by atoms with E-state index in [9.17, 15) is 4.39 Å². The third kappa shape index (κ3) is 3.64. The fraction of sp³-hybridized carbons (Fsp3) is 0.143. The molecule has 1 nitrogen and oxygen atoms in total. The van der Waals surface area contributed by atoms with Gasteiger partial charge in [-0.1, -0.05) is 50.1 Å². The highest BCUT2D eigenvalue weighted by atomic mass is 79.9. The van der Waals surface area contributed by atoms with Gasteiger partial charge in [0.25, 0.3) is 0 Å². The Labute approximate surface area is 123 Å². The number of halogens is 3. The molecule has 2 rings (SSSR count). The molecule has 0 aromatic heterocycles. The number of rotatable bonds is 4. The molecule has 0 saturated carbocycles. The van der Waals surface area contributed by atoms with E-state index in [1.807, 2.05) is 18.2 Å². The molecule has 2 aromatic rings. The van der Waals surface area contributed by atoms with Gasteiger partial charge in [0.2, 0.25) is 0 Å². The van der Waals surface area contributed by atoms with E-state index in [0.717, 1.165) is 21.1 Å². The average molecular weight is 373 g/mol. The Kier molecular flexibility index (Phi) is 4.92. The zero-order chi connectivity index (χ0) is 13.0. The lowest BCUT2D eigenvalue weighted by molar-refractivity contribution is 0.619. The topological polar surface area (TPSA) is 12.0 Å². The van der Waals surface area contributed by atoms with Crippen LogP contribution in [0.2, 0.25) is 0 Å². The van der Waals surface area contributed by atoms with Gasteiger partial charge in [-0.15, -0.1) is 0 Å². The Hall–Kier alpha value is -0.710. The Morgan fingerprint density at radius 1 is 0.889 bits per heavy atom. The Bertz CT molecular complexity index is 543. The Balaban J connectivity index is 1.96. The minimum absolute atomic E-state index is 0.212. The van der Waals surface area contributed by atoms with Crippen LogP contribution >= 0.6 is 31.9 Å². The van der Waals surface area contributed by atoms with Crippen LogP contribution in [0.5, 0.6) is 0 Å². The Morgan fingerprint density at radius 3 is 2.33 bits per heavy atom. The number of hydrogen-bond donors (Lipinski definition) is 1. The van der Waals surface area contributed by atoms with Crippen molar-refractivity contribution >= 4 is 31.9 Å². The molecule has 0 saturated heterocycles. The molecule has 1 N–H and O–H groups in total. The normalized spacial score (nSPS) is 10.6. The van der Waals surface area contributed by atoms with Gasteiger partial charge in [0.05, 0.1) is 0 Å². The van der Waals surface area contributed by atoms with Crippen LogP contribution in [0, 0.1) is 5.82 Å². The highest BCUT2D eigenvalue weighted by Gasteiger charge is 2.02. The van der Waals surface area contributed by atoms with E-state index in [4.69, 9.17) is 0 Å². The summed E-state index contributed by atoms with van der Waals surface area (Å²) in [5.41, 5.74) is 2.10. The summed E-state index contributed by atoms with van der Waals surface area (Å²) in [6.07, 6.45) is 0. The first-order chi connectivity index (χ1) is 8.66. The van der Waals surface area contributed by atoms with Crippen LogP contribution in [0.1, 0.15) is 11.1 Å². The van der Waals surface area contributed by atoms with Gasteiger partial charge >= 0.3 is 0 Å². The average Bonchev–Trinajstić information content (AvgIpc) is 2.36. The van der Waals surface area contributed by atoms with Crippen molar-refractivity contribution < 1.29 is 4.39 Å². The molecule has 18 heavy (non-hydrogen) atoms. The zero-order valence-corrected chi connectivity index (χ0v) is 12.8. The number of hydrogen-bond acceptors (Lipinski definition) is 1. The Morgan fingerprint density at radius 2 is 1.56 bits per heavy atom. The van der Waals surface area contributed by atoms with Gasteiger partial charge in [0, 0.05) is 22.0 Å². The monoisotopic (exact) mass is 371 g/mol. The predicted molar refractivity (Wildman–Crippen MR) is 78.8 cm³/mol. The van der Waals surface area contributed by atoms with E-state index in [1.54, 1.807) is 6.07 Å². The lowest BCUT2D eigenvalue weighted by Crippen LogP contribution is -2.13. The molecule has 2 aromatic carbocycles. The summed E-state index contributed by atoms with van der Waals surface area (Å²) in [5.74, 6) is -0.212. The fourth-order valence-corrected chi connectivity index (χ4v) is 2.46. The minimum Gasteiger partial charge on any atom is -0.309 e. The summed E-state index contributed by atoms with van der Waals surface area (Å²) in [6.45, 7) is 1.37. The maximum absolute atomic E-state index is 13.1. The molecule has 94 valence electrons. The van der Waals surface area contributed by atoms with E-state index < -0.39 is 0 Å². The van der Waals surface area contributed by atoms with Gasteiger partial charge in [-0.05, 0) is 35.4 Å². The van der Waals surface area contributed by atoms with E-state index in [1.165, 1.54) is 17.7 Å². The van der Waals surface area contributed by atoms with E-state index >= 15 is 0 Å². The third-order valence-electron chi connectivity index (χ3n) is 2.60. The first kappa shape index (κ1) is 13.7. The lowest BCUT2D eigenvalue weighted by Gasteiger charge is -2.08. The third-order valence-corrected chi connectivity index (χ3v) is 4.14. The van der Waals surface area contributed by atoms with Gasteiger partial charge in [-0.25, -0.2) is 4.39 Å². The molecular formula is C14H12Br2FN. The maximum atomic E-state index is 13.1. The van der Waals surface area contributed by atoms with Crippen molar-refractivity contribution in [2.75, 3.05) is 0 Å². The van der Waals surface area contributed by atoms with Crippen LogP contribution < -0.4 is 5.32 Å². The molecule has 0 fully saturated rings. The first-order valence-electron chi connectivity index (χ1n) is 5.55. The van der Waals surface area contributed by atoms with Crippen molar-refractivity contribution in [2.45, 2.75) is 13.1 Å². The largest absolute Gasteiger partial charge is 0.309 e. The minimum atomic E-state index is -0.212. The van der Waals surface area contributed by atoms with Crippen LogP contribution in [-0.2, 0) is 13.1 Å². The van der Waals surface area contributed by atoms with Crippen molar-refractivity contribution in [3.05, 3.63) is 68.4 Å². The first-order valence-corrected chi connectivity index (χ1v) is 7.13. The molecule has 4 heteroatoms. The van der Waals surface area contributed by atoms with E-state index in [0.29, 0.717) is 6.54 Å². The summed E-state index contributed by atoms with van der Waals surface area (Å²) >= 11 is 6.91. The van der Waals surface area contributed by atoms with Crippen molar-refractivity contribution in [3.63, 3.8) is 0 Å². The second-order valence-electron chi connectivity index (χ2n) is 3.93. The van der Waals surface area contributed by atoms with Crippen LogP contribution in [0.4, 0.5) is 4.39 Å². The van der Waals surface area contributed by atoms with Gasteiger partial charge in [0.1, 0.15) is 5.82 Å². The molecule has 0 atom stereocenters. The quantitative estimate of drug-likeness (QED) is 0.824. The van der Waals surface area contributed by atoms with Gasteiger partial charge < -0.3 is 5.32 Å². The molecule has 0 aliphatic carbocycles. The molecule has 0 aliphatic heterocycles. The van der Waals surface area contributed by atoms with Gasteiger partial charge in [-0.2, -0.15) is 0 Å². The predicted octanol–water partition coefficient (Wildman–Crippen LogP) is 4.64. The summed E-state index contributed by atoms with van der Waals surface area (Å²) in [5, 5.41) is 3.30. The molecule has 0 unspecified atom stereocenters. The number of nitrogens with one attached hydrogen (secondary N) is 1. The van der Waals surface area contributed by atoms with Crippen molar-refractivity contribution in [2.24, 2.45) is 0 Å². The van der Waals surface area contributed by atoms with E-state index in [-0.39, 0.29) is 5.82 Å². The number of benzene rings is 2.